The van der Waals surface area contributed by atoms with E-state index in [-0.39, 0.29) is 5.91 Å². The second kappa shape index (κ2) is 3.48. The molecule has 5 nitrogen and oxygen atoms in total. The van der Waals surface area contributed by atoms with Crippen LogP contribution in [0.25, 0.3) is 0 Å². The second-order valence-electron chi connectivity index (χ2n) is 4.50. The molecule has 3 N–H and O–H groups in total. The minimum atomic E-state index is -0.913. The molecule has 1 aliphatic heterocycles. The zero-order valence-electron chi connectivity index (χ0n) is 8.61. The third-order valence-corrected chi connectivity index (χ3v) is 3.47. The first kappa shape index (κ1) is 10.4. The average molecular weight is 212 g/mol. The van der Waals surface area contributed by atoms with E-state index in [2.05, 4.69) is 0 Å². The van der Waals surface area contributed by atoms with Gasteiger partial charge in [-0.25, -0.2) is 4.79 Å². The number of amides is 1. The lowest BCUT2D eigenvalue weighted by Gasteiger charge is -2.40. The van der Waals surface area contributed by atoms with Gasteiger partial charge < -0.3 is 15.7 Å². The molecule has 1 heterocycles. The number of likely N-dealkylation sites (tertiary alicyclic amines) is 1. The molecular weight excluding hydrogens is 196 g/mol. The van der Waals surface area contributed by atoms with Crippen molar-refractivity contribution in [2.24, 2.45) is 5.73 Å². The van der Waals surface area contributed by atoms with Crippen LogP contribution in [-0.4, -0.2) is 40.0 Å². The summed E-state index contributed by atoms with van der Waals surface area (Å²) in [4.78, 5) is 24.4. The smallest absolute Gasteiger partial charge is 0.326 e. The van der Waals surface area contributed by atoms with Crippen LogP contribution in [0.3, 0.4) is 0 Å². The van der Waals surface area contributed by atoms with Crippen LogP contribution in [0.15, 0.2) is 0 Å². The normalized spacial score (nSPS) is 28.6. The van der Waals surface area contributed by atoms with Gasteiger partial charge in [0.1, 0.15) is 6.04 Å². The summed E-state index contributed by atoms with van der Waals surface area (Å²) >= 11 is 0. The average Bonchev–Trinajstić information content (AvgIpc) is 2.61. The SMILES string of the molecule is NC1(C(=O)N2CCCC2C(=O)O)CCC1. The predicted molar refractivity (Wildman–Crippen MR) is 53.1 cm³/mol. The second-order valence-corrected chi connectivity index (χ2v) is 4.50. The van der Waals surface area contributed by atoms with Crippen molar-refractivity contribution in [3.05, 3.63) is 0 Å². The van der Waals surface area contributed by atoms with E-state index in [9.17, 15) is 9.59 Å². The molecule has 1 saturated carbocycles. The van der Waals surface area contributed by atoms with Gasteiger partial charge in [-0.15, -0.1) is 0 Å². The summed E-state index contributed by atoms with van der Waals surface area (Å²) in [5.41, 5.74) is 5.14. The molecule has 1 aliphatic carbocycles. The Kier molecular flexibility index (Phi) is 2.42. The Labute approximate surface area is 88.2 Å². The fourth-order valence-corrected chi connectivity index (χ4v) is 2.32. The number of carbonyl (C=O) groups is 2. The number of carbonyl (C=O) groups excluding carboxylic acids is 1. The monoisotopic (exact) mass is 212 g/mol. The zero-order chi connectivity index (χ0) is 11.1. The molecule has 0 aromatic carbocycles. The summed E-state index contributed by atoms with van der Waals surface area (Å²) in [6.07, 6.45) is 3.66. The highest BCUT2D eigenvalue weighted by molar-refractivity contribution is 5.91. The first-order valence-corrected chi connectivity index (χ1v) is 5.37. The molecule has 1 saturated heterocycles. The number of aliphatic carboxylic acids is 1. The maximum Gasteiger partial charge on any atom is 0.326 e. The van der Waals surface area contributed by atoms with Gasteiger partial charge in [0, 0.05) is 6.54 Å². The predicted octanol–water partition coefficient (Wildman–Crippen LogP) is -0.0566. The highest BCUT2D eigenvalue weighted by atomic mass is 16.4. The van der Waals surface area contributed by atoms with E-state index in [1.807, 2.05) is 0 Å². The molecule has 2 fully saturated rings. The fraction of sp³-hybridized carbons (Fsp3) is 0.800. The molecule has 1 atom stereocenters. The number of nitrogens with zero attached hydrogens (tertiary/aromatic N) is 1. The van der Waals surface area contributed by atoms with Gasteiger partial charge in [-0.3, -0.25) is 4.79 Å². The van der Waals surface area contributed by atoms with Gasteiger partial charge in [0.2, 0.25) is 5.91 Å². The van der Waals surface area contributed by atoms with Crippen molar-refractivity contribution in [2.75, 3.05) is 6.54 Å². The van der Waals surface area contributed by atoms with Gasteiger partial charge in [-0.1, -0.05) is 0 Å². The Bertz CT molecular complexity index is 299. The summed E-state index contributed by atoms with van der Waals surface area (Å²) in [6, 6.07) is -0.654. The lowest BCUT2D eigenvalue weighted by atomic mass is 9.76. The zero-order valence-corrected chi connectivity index (χ0v) is 8.61. The van der Waals surface area contributed by atoms with Crippen LogP contribution in [0.1, 0.15) is 32.1 Å². The Hall–Kier alpha value is -1.10. The maximum absolute atomic E-state index is 12.0. The molecule has 15 heavy (non-hydrogen) atoms. The third-order valence-electron chi connectivity index (χ3n) is 3.47. The number of carboxylic acids is 1. The highest BCUT2D eigenvalue weighted by Crippen LogP contribution is 2.33. The van der Waals surface area contributed by atoms with Crippen LogP contribution in [0.5, 0.6) is 0 Å². The van der Waals surface area contributed by atoms with Crippen LogP contribution >= 0.6 is 0 Å². The molecule has 0 bridgehead atoms. The Morgan fingerprint density at radius 2 is 2.00 bits per heavy atom. The van der Waals surface area contributed by atoms with E-state index in [4.69, 9.17) is 10.8 Å². The number of hydrogen-bond donors (Lipinski definition) is 2. The molecule has 2 aliphatic rings. The summed E-state index contributed by atoms with van der Waals surface area (Å²) in [5, 5.41) is 8.95. The molecule has 1 unspecified atom stereocenters. The molecule has 0 aromatic rings. The molecule has 0 radical (unpaired) electrons. The van der Waals surface area contributed by atoms with Gasteiger partial charge in [0.05, 0.1) is 5.54 Å². The van der Waals surface area contributed by atoms with Crippen LogP contribution in [0, 0.1) is 0 Å². The van der Waals surface area contributed by atoms with Gasteiger partial charge in [-0.05, 0) is 32.1 Å². The lowest BCUT2D eigenvalue weighted by Crippen LogP contribution is -2.61. The number of carboxylic acid groups (broad SMARTS) is 1. The standard InChI is InChI=1S/C10H16N2O3/c11-10(4-2-5-10)9(15)12-6-1-3-7(12)8(13)14/h7H,1-6,11H2,(H,13,14). The molecular formula is C10H16N2O3. The largest absolute Gasteiger partial charge is 0.480 e. The summed E-state index contributed by atoms with van der Waals surface area (Å²) < 4.78 is 0. The van der Waals surface area contributed by atoms with Gasteiger partial charge in [0.15, 0.2) is 0 Å². The molecule has 0 aromatic heterocycles. The summed E-state index contributed by atoms with van der Waals surface area (Å²) in [7, 11) is 0. The van der Waals surface area contributed by atoms with Crippen molar-refractivity contribution < 1.29 is 14.7 Å². The molecule has 5 heteroatoms. The minimum Gasteiger partial charge on any atom is -0.480 e. The van der Waals surface area contributed by atoms with Crippen molar-refractivity contribution >= 4 is 11.9 Å². The van der Waals surface area contributed by atoms with Crippen LogP contribution in [0.2, 0.25) is 0 Å². The Balaban J connectivity index is 2.09. The van der Waals surface area contributed by atoms with E-state index in [0.717, 1.165) is 12.8 Å². The summed E-state index contributed by atoms with van der Waals surface area (Å²) in [6.45, 7) is 0.536. The number of hydrogen-bond acceptors (Lipinski definition) is 3. The first-order chi connectivity index (χ1) is 7.04. The van der Waals surface area contributed by atoms with Crippen LogP contribution < -0.4 is 5.73 Å². The van der Waals surface area contributed by atoms with Crippen LogP contribution in [-0.2, 0) is 9.59 Å². The Morgan fingerprint density at radius 3 is 2.47 bits per heavy atom. The number of rotatable bonds is 2. The quantitative estimate of drug-likeness (QED) is 0.672. The van der Waals surface area contributed by atoms with Gasteiger partial charge in [-0.2, -0.15) is 0 Å². The van der Waals surface area contributed by atoms with Crippen molar-refractivity contribution in [3.8, 4) is 0 Å². The topological polar surface area (TPSA) is 83.6 Å². The van der Waals surface area contributed by atoms with Gasteiger partial charge >= 0.3 is 5.97 Å². The molecule has 0 spiro atoms. The lowest BCUT2D eigenvalue weighted by molar-refractivity contribution is -0.152. The molecule has 2 rings (SSSR count). The first-order valence-electron chi connectivity index (χ1n) is 5.37. The third kappa shape index (κ3) is 1.61. The van der Waals surface area contributed by atoms with E-state index in [1.165, 1.54) is 4.90 Å². The van der Waals surface area contributed by atoms with Crippen molar-refractivity contribution in [2.45, 2.75) is 43.7 Å². The van der Waals surface area contributed by atoms with E-state index in [1.54, 1.807) is 0 Å². The molecule has 84 valence electrons. The molecule has 1 amide bonds. The van der Waals surface area contributed by atoms with E-state index < -0.39 is 17.6 Å². The maximum atomic E-state index is 12.0. The fourth-order valence-electron chi connectivity index (χ4n) is 2.32. The Morgan fingerprint density at radius 1 is 1.33 bits per heavy atom. The van der Waals surface area contributed by atoms with Crippen molar-refractivity contribution in [1.82, 2.24) is 4.90 Å². The minimum absolute atomic E-state index is 0.168. The highest BCUT2D eigenvalue weighted by Gasteiger charge is 2.46. The van der Waals surface area contributed by atoms with Gasteiger partial charge in [0.25, 0.3) is 0 Å². The summed E-state index contributed by atoms with van der Waals surface area (Å²) in [5.74, 6) is -1.08. The van der Waals surface area contributed by atoms with Crippen LogP contribution in [0.4, 0.5) is 0 Å². The van der Waals surface area contributed by atoms with E-state index >= 15 is 0 Å². The number of nitrogens with two attached hydrogens (primary N) is 1. The van der Waals surface area contributed by atoms with Crippen molar-refractivity contribution in [1.29, 1.82) is 0 Å². The van der Waals surface area contributed by atoms with Crippen molar-refractivity contribution in [3.63, 3.8) is 0 Å². The van der Waals surface area contributed by atoms with E-state index in [0.29, 0.717) is 25.8 Å².